The first-order chi connectivity index (χ1) is 6.24. The molecule has 0 radical (unpaired) electrons. The van der Waals surface area contributed by atoms with Gasteiger partial charge in [0, 0.05) is 12.6 Å². The third kappa shape index (κ3) is 3.08. The summed E-state index contributed by atoms with van der Waals surface area (Å²) in [4.78, 5) is 3.91. The van der Waals surface area contributed by atoms with Crippen LogP contribution in [-0.2, 0) is 0 Å². The summed E-state index contributed by atoms with van der Waals surface area (Å²) in [5.41, 5.74) is 0.773. The Hall–Kier alpha value is -1.00. The first-order valence-electron chi connectivity index (χ1n) is 4.19. The molecule has 1 aromatic rings. The van der Waals surface area contributed by atoms with E-state index in [-0.39, 0.29) is 18.5 Å². The van der Waals surface area contributed by atoms with Crippen molar-refractivity contribution in [2.24, 2.45) is 0 Å². The number of aromatic nitrogens is 1. The van der Waals surface area contributed by atoms with Gasteiger partial charge in [0.2, 0.25) is 0 Å². The number of aliphatic hydroxyl groups excluding tert-OH is 1. The third-order valence-corrected chi connectivity index (χ3v) is 1.76. The normalized spacial score (nSPS) is 12.8. The first kappa shape index (κ1) is 10.1. The summed E-state index contributed by atoms with van der Waals surface area (Å²) in [6.07, 6.45) is 1.19. The molecule has 1 rings (SSSR count). The van der Waals surface area contributed by atoms with E-state index in [1.54, 1.807) is 6.07 Å². The molecule has 13 heavy (non-hydrogen) atoms. The smallest absolute Gasteiger partial charge is 0.141 e. The van der Waals surface area contributed by atoms with E-state index in [4.69, 9.17) is 5.11 Å². The second-order valence-electron chi connectivity index (χ2n) is 2.80. The lowest BCUT2D eigenvalue weighted by molar-refractivity contribution is 0.286. The summed E-state index contributed by atoms with van der Waals surface area (Å²) in [6.45, 7) is 2.52. The number of pyridine rings is 1. The van der Waals surface area contributed by atoms with Crippen LogP contribution in [0.4, 0.5) is 4.39 Å². The molecule has 0 aliphatic carbocycles. The van der Waals surface area contributed by atoms with Crippen LogP contribution >= 0.6 is 0 Å². The van der Waals surface area contributed by atoms with Gasteiger partial charge in [-0.25, -0.2) is 4.39 Å². The molecular weight excluding hydrogens is 171 g/mol. The van der Waals surface area contributed by atoms with E-state index in [0.29, 0.717) is 6.54 Å². The quantitative estimate of drug-likeness (QED) is 0.729. The molecule has 0 fully saturated rings. The fourth-order valence-electron chi connectivity index (χ4n) is 1.03. The summed E-state index contributed by atoms with van der Waals surface area (Å²) >= 11 is 0. The standard InChI is InChI=1S/C9H13FN2O/c1-7(11-4-5-13)9-3-2-8(10)6-12-9/h2-3,6-7,11,13H,4-5H2,1H3. The molecule has 0 aliphatic rings. The molecule has 0 aromatic carbocycles. The highest BCUT2D eigenvalue weighted by Gasteiger charge is 2.04. The molecule has 0 saturated heterocycles. The maximum Gasteiger partial charge on any atom is 0.141 e. The van der Waals surface area contributed by atoms with E-state index in [1.165, 1.54) is 12.3 Å². The molecular formula is C9H13FN2O. The highest BCUT2D eigenvalue weighted by atomic mass is 19.1. The van der Waals surface area contributed by atoms with Crippen LogP contribution in [0.2, 0.25) is 0 Å². The Bertz CT molecular complexity index is 250. The minimum atomic E-state index is -0.335. The van der Waals surface area contributed by atoms with Crippen LogP contribution in [-0.4, -0.2) is 23.2 Å². The van der Waals surface area contributed by atoms with E-state index < -0.39 is 0 Å². The zero-order valence-electron chi connectivity index (χ0n) is 7.50. The van der Waals surface area contributed by atoms with Gasteiger partial charge in [0.1, 0.15) is 5.82 Å². The van der Waals surface area contributed by atoms with E-state index in [1.807, 2.05) is 6.92 Å². The number of rotatable bonds is 4. The number of nitrogens with zero attached hydrogens (tertiary/aromatic N) is 1. The number of nitrogens with one attached hydrogen (secondary N) is 1. The van der Waals surface area contributed by atoms with Crippen molar-refractivity contribution in [1.29, 1.82) is 0 Å². The van der Waals surface area contributed by atoms with Crippen LogP contribution in [0.3, 0.4) is 0 Å². The number of aliphatic hydroxyl groups is 1. The molecule has 4 heteroatoms. The largest absolute Gasteiger partial charge is 0.395 e. The summed E-state index contributed by atoms with van der Waals surface area (Å²) in [5.74, 6) is -0.335. The van der Waals surface area contributed by atoms with Gasteiger partial charge >= 0.3 is 0 Å². The average molecular weight is 184 g/mol. The van der Waals surface area contributed by atoms with Crippen molar-refractivity contribution in [2.75, 3.05) is 13.2 Å². The zero-order chi connectivity index (χ0) is 9.68. The average Bonchev–Trinajstić information content (AvgIpc) is 2.15. The molecule has 0 aliphatic heterocycles. The van der Waals surface area contributed by atoms with Crippen LogP contribution in [0.5, 0.6) is 0 Å². The van der Waals surface area contributed by atoms with Gasteiger partial charge in [-0.15, -0.1) is 0 Å². The lowest BCUT2D eigenvalue weighted by atomic mass is 10.2. The molecule has 0 saturated carbocycles. The van der Waals surface area contributed by atoms with Crippen molar-refractivity contribution in [3.63, 3.8) is 0 Å². The van der Waals surface area contributed by atoms with Crippen molar-refractivity contribution >= 4 is 0 Å². The van der Waals surface area contributed by atoms with Gasteiger partial charge in [-0.1, -0.05) is 0 Å². The third-order valence-electron chi connectivity index (χ3n) is 1.76. The Labute approximate surface area is 76.6 Å². The fourth-order valence-corrected chi connectivity index (χ4v) is 1.03. The highest BCUT2D eigenvalue weighted by molar-refractivity contribution is 5.08. The molecule has 3 nitrogen and oxygen atoms in total. The van der Waals surface area contributed by atoms with Crippen LogP contribution in [0.1, 0.15) is 18.7 Å². The van der Waals surface area contributed by atoms with Crippen LogP contribution < -0.4 is 5.32 Å². The van der Waals surface area contributed by atoms with Gasteiger partial charge < -0.3 is 10.4 Å². The van der Waals surface area contributed by atoms with Crippen molar-refractivity contribution in [2.45, 2.75) is 13.0 Å². The second-order valence-corrected chi connectivity index (χ2v) is 2.80. The lowest BCUT2D eigenvalue weighted by Gasteiger charge is -2.11. The van der Waals surface area contributed by atoms with Gasteiger partial charge in [0.15, 0.2) is 0 Å². The molecule has 1 atom stereocenters. The molecule has 0 spiro atoms. The lowest BCUT2D eigenvalue weighted by Crippen LogP contribution is -2.22. The minimum Gasteiger partial charge on any atom is -0.395 e. The maximum absolute atomic E-state index is 12.5. The molecule has 72 valence electrons. The van der Waals surface area contributed by atoms with Gasteiger partial charge in [-0.3, -0.25) is 4.98 Å². The maximum atomic E-state index is 12.5. The predicted octanol–water partition coefficient (Wildman–Crippen LogP) is 0.864. The topological polar surface area (TPSA) is 45.1 Å². The highest BCUT2D eigenvalue weighted by Crippen LogP contribution is 2.08. The molecule has 1 aromatic heterocycles. The predicted molar refractivity (Wildman–Crippen MR) is 47.7 cm³/mol. The molecule has 1 unspecified atom stereocenters. The van der Waals surface area contributed by atoms with Gasteiger partial charge in [-0.2, -0.15) is 0 Å². The van der Waals surface area contributed by atoms with Crippen molar-refractivity contribution in [3.8, 4) is 0 Å². The van der Waals surface area contributed by atoms with E-state index >= 15 is 0 Å². The second kappa shape index (κ2) is 4.89. The van der Waals surface area contributed by atoms with Crippen molar-refractivity contribution < 1.29 is 9.50 Å². The van der Waals surface area contributed by atoms with Crippen LogP contribution in [0.15, 0.2) is 18.3 Å². The van der Waals surface area contributed by atoms with Gasteiger partial charge in [-0.05, 0) is 19.1 Å². The van der Waals surface area contributed by atoms with E-state index in [2.05, 4.69) is 10.3 Å². The summed E-state index contributed by atoms with van der Waals surface area (Å²) in [7, 11) is 0. The zero-order valence-corrected chi connectivity index (χ0v) is 7.50. The first-order valence-corrected chi connectivity index (χ1v) is 4.19. The fraction of sp³-hybridized carbons (Fsp3) is 0.444. The van der Waals surface area contributed by atoms with Crippen molar-refractivity contribution in [1.82, 2.24) is 10.3 Å². The van der Waals surface area contributed by atoms with E-state index in [0.717, 1.165) is 5.69 Å². The Balaban J connectivity index is 2.55. The number of halogens is 1. The Morgan fingerprint density at radius 3 is 2.92 bits per heavy atom. The van der Waals surface area contributed by atoms with Crippen LogP contribution in [0.25, 0.3) is 0 Å². The van der Waals surface area contributed by atoms with Crippen molar-refractivity contribution in [3.05, 3.63) is 29.8 Å². The minimum absolute atomic E-state index is 0.0350. The Morgan fingerprint density at radius 2 is 2.38 bits per heavy atom. The SMILES string of the molecule is CC(NCCO)c1ccc(F)cn1. The number of hydrogen-bond donors (Lipinski definition) is 2. The molecule has 0 bridgehead atoms. The van der Waals surface area contributed by atoms with Gasteiger partial charge in [0.05, 0.1) is 18.5 Å². The molecule has 1 heterocycles. The molecule has 0 amide bonds. The van der Waals surface area contributed by atoms with E-state index in [9.17, 15) is 4.39 Å². The molecule has 2 N–H and O–H groups in total. The monoisotopic (exact) mass is 184 g/mol. The Kier molecular flexibility index (Phi) is 3.79. The van der Waals surface area contributed by atoms with Crippen LogP contribution in [0, 0.1) is 5.82 Å². The summed E-state index contributed by atoms with van der Waals surface area (Å²) in [6, 6.07) is 3.04. The summed E-state index contributed by atoms with van der Waals surface area (Å²) in [5, 5.41) is 11.6. The summed E-state index contributed by atoms with van der Waals surface area (Å²) < 4.78 is 12.5. The Morgan fingerprint density at radius 1 is 1.62 bits per heavy atom. The number of hydrogen-bond acceptors (Lipinski definition) is 3. The van der Waals surface area contributed by atoms with Gasteiger partial charge in [0.25, 0.3) is 0 Å².